The molecule has 1 N–H and O–H groups in total. The van der Waals surface area contributed by atoms with Crippen molar-refractivity contribution in [3.8, 4) is 11.3 Å². The Bertz CT molecular complexity index is 1710. The molecule has 0 spiro atoms. The van der Waals surface area contributed by atoms with Crippen molar-refractivity contribution in [1.82, 2.24) is 29.7 Å². The zero-order valence-electron chi connectivity index (χ0n) is 21.8. The molecule has 41 heavy (non-hydrogen) atoms. The molecule has 1 aliphatic heterocycles. The van der Waals surface area contributed by atoms with E-state index in [2.05, 4.69) is 30.4 Å². The summed E-state index contributed by atoms with van der Waals surface area (Å²) in [5.41, 5.74) is 0.456. The quantitative estimate of drug-likeness (QED) is 0.334. The number of carbonyl (C=O) groups excluding carboxylic acids is 2. The van der Waals surface area contributed by atoms with E-state index in [1.165, 1.54) is 13.1 Å². The minimum absolute atomic E-state index is 0.0761. The fraction of sp³-hybridized carbons (Fsp3) is 0.296. The highest BCUT2D eigenvalue weighted by atomic mass is 35.5. The number of aromatic nitrogens is 6. The first-order chi connectivity index (χ1) is 19.6. The van der Waals surface area contributed by atoms with Crippen LogP contribution < -0.4 is 10.2 Å². The first-order valence-corrected chi connectivity index (χ1v) is 13.1. The van der Waals surface area contributed by atoms with Gasteiger partial charge in [-0.25, -0.2) is 28.1 Å². The number of hydrogen-bond donors (Lipinski definition) is 1. The first kappa shape index (κ1) is 26.8. The van der Waals surface area contributed by atoms with E-state index < -0.39 is 29.3 Å². The zero-order valence-corrected chi connectivity index (χ0v) is 22.5. The van der Waals surface area contributed by atoms with Crippen LogP contribution in [0, 0.1) is 31.5 Å². The summed E-state index contributed by atoms with van der Waals surface area (Å²) in [5.74, 6) is -0.766. The number of piperidine rings is 1. The van der Waals surface area contributed by atoms with Gasteiger partial charge in [-0.1, -0.05) is 17.7 Å². The average Bonchev–Trinajstić information content (AvgIpc) is 3.46. The second-order valence-corrected chi connectivity index (χ2v) is 10.4. The third-order valence-electron chi connectivity index (χ3n) is 7.24. The van der Waals surface area contributed by atoms with Crippen molar-refractivity contribution in [2.24, 2.45) is 11.8 Å². The molecule has 4 heterocycles. The number of nitrogens with zero attached hydrogens (tertiary/aromatic N) is 7. The number of nitrogens with one attached hydrogen (secondary N) is 1. The number of fused-ring (bicyclic) bond motifs is 1. The number of alkyl halides is 2. The van der Waals surface area contributed by atoms with Crippen LogP contribution in [0.25, 0.3) is 11.3 Å². The summed E-state index contributed by atoms with van der Waals surface area (Å²) in [5, 5.41) is 6.56. The fourth-order valence-corrected chi connectivity index (χ4v) is 5.05. The summed E-state index contributed by atoms with van der Waals surface area (Å²) >= 11 is 5.82. The van der Waals surface area contributed by atoms with Crippen LogP contribution >= 0.6 is 11.6 Å². The van der Waals surface area contributed by atoms with Crippen LogP contribution in [-0.2, 0) is 11.3 Å². The highest BCUT2D eigenvalue weighted by Gasteiger charge is 2.53. The Morgan fingerprint density at radius 2 is 1.95 bits per heavy atom. The van der Waals surface area contributed by atoms with Gasteiger partial charge in [0.2, 0.25) is 11.9 Å². The van der Waals surface area contributed by atoms with Crippen LogP contribution in [0.1, 0.15) is 45.8 Å². The number of carbonyl (C=O) groups is 2. The third-order valence-corrected chi connectivity index (χ3v) is 7.54. The summed E-state index contributed by atoms with van der Waals surface area (Å²) in [6.07, 6.45) is 3.73. The van der Waals surface area contributed by atoms with E-state index in [0.29, 0.717) is 36.3 Å². The molecule has 1 saturated heterocycles. The second-order valence-electron chi connectivity index (χ2n) is 10.0. The molecular weight excluding hydrogens is 561 g/mol. The summed E-state index contributed by atoms with van der Waals surface area (Å²) in [6.45, 7) is 4.30. The van der Waals surface area contributed by atoms with Gasteiger partial charge in [-0.2, -0.15) is 5.10 Å². The standard InChI is InChI=1S/C27H22ClF3N8O2/c1-12-15(6-33-27(35-12)39-10-14-5-18(14)26(39)41)9-38-11-16(7-34-38)36-25(40)23-13(2)32-8-20(37-23)21-17(24(30)31)3-4-19(28)22(21)29/h3-4,6-8,11,14,18,24H,5,9-10H2,1-2H3,(H,36,40)/t14-,18-/m0/s1. The topological polar surface area (TPSA) is 119 Å². The molecule has 6 rings (SSSR count). The van der Waals surface area contributed by atoms with Crippen molar-refractivity contribution in [3.63, 3.8) is 0 Å². The molecule has 1 aliphatic carbocycles. The zero-order chi connectivity index (χ0) is 29.0. The van der Waals surface area contributed by atoms with Gasteiger partial charge >= 0.3 is 0 Å². The molecule has 0 unspecified atom stereocenters. The normalized spacial score (nSPS) is 17.7. The van der Waals surface area contributed by atoms with Gasteiger partial charge in [0, 0.05) is 47.2 Å². The van der Waals surface area contributed by atoms with Gasteiger partial charge in [-0.05, 0) is 32.3 Å². The predicted molar refractivity (Wildman–Crippen MR) is 142 cm³/mol. The van der Waals surface area contributed by atoms with Gasteiger partial charge in [0.15, 0.2) is 5.82 Å². The molecule has 1 saturated carbocycles. The fourth-order valence-electron chi connectivity index (χ4n) is 4.89. The van der Waals surface area contributed by atoms with Gasteiger partial charge in [0.25, 0.3) is 12.3 Å². The number of aryl methyl sites for hydroxylation is 2. The van der Waals surface area contributed by atoms with Crippen LogP contribution in [0.5, 0.6) is 0 Å². The lowest BCUT2D eigenvalue weighted by atomic mass is 10.0. The molecular formula is C27H22ClF3N8O2. The van der Waals surface area contributed by atoms with Crippen molar-refractivity contribution in [2.75, 3.05) is 16.8 Å². The van der Waals surface area contributed by atoms with E-state index in [9.17, 15) is 22.8 Å². The van der Waals surface area contributed by atoms with Crippen LogP contribution in [0.2, 0.25) is 5.02 Å². The van der Waals surface area contributed by atoms with E-state index in [-0.39, 0.29) is 33.9 Å². The van der Waals surface area contributed by atoms with E-state index in [0.717, 1.165) is 30.3 Å². The minimum atomic E-state index is -3.00. The largest absolute Gasteiger partial charge is 0.318 e. The van der Waals surface area contributed by atoms with Crippen molar-refractivity contribution in [1.29, 1.82) is 0 Å². The molecule has 2 aliphatic rings. The van der Waals surface area contributed by atoms with Crippen LogP contribution in [0.4, 0.5) is 24.8 Å². The smallest absolute Gasteiger partial charge is 0.276 e. The van der Waals surface area contributed by atoms with Crippen LogP contribution in [-0.4, -0.2) is 48.1 Å². The Hall–Kier alpha value is -4.39. The van der Waals surface area contributed by atoms with E-state index in [4.69, 9.17) is 11.6 Å². The maximum Gasteiger partial charge on any atom is 0.276 e. The Kier molecular flexibility index (Phi) is 6.68. The summed E-state index contributed by atoms with van der Waals surface area (Å²) in [6, 6.07) is 2.04. The molecule has 4 aromatic rings. The minimum Gasteiger partial charge on any atom is -0.318 e. The average molecular weight is 583 g/mol. The van der Waals surface area contributed by atoms with Gasteiger partial charge in [0.05, 0.1) is 41.0 Å². The summed E-state index contributed by atoms with van der Waals surface area (Å²) in [4.78, 5) is 44.1. The predicted octanol–water partition coefficient (Wildman–Crippen LogP) is 4.76. The van der Waals surface area contributed by atoms with Gasteiger partial charge < -0.3 is 5.32 Å². The third kappa shape index (κ3) is 5.01. The van der Waals surface area contributed by atoms with Crippen LogP contribution in [0.15, 0.2) is 36.9 Å². The van der Waals surface area contributed by atoms with Crippen molar-refractivity contribution >= 4 is 35.1 Å². The van der Waals surface area contributed by atoms with Crippen molar-refractivity contribution in [3.05, 3.63) is 76.0 Å². The van der Waals surface area contributed by atoms with Crippen molar-refractivity contribution < 1.29 is 22.8 Å². The Morgan fingerprint density at radius 1 is 1.15 bits per heavy atom. The molecule has 10 nitrogen and oxygen atoms in total. The number of anilines is 2. The maximum atomic E-state index is 14.8. The highest BCUT2D eigenvalue weighted by molar-refractivity contribution is 6.31. The molecule has 0 bridgehead atoms. The van der Waals surface area contributed by atoms with Gasteiger partial charge in [-0.15, -0.1) is 0 Å². The van der Waals surface area contributed by atoms with E-state index >= 15 is 0 Å². The number of hydrogen-bond acceptors (Lipinski definition) is 7. The molecule has 2 amide bonds. The molecule has 210 valence electrons. The Balaban J connectivity index is 1.18. The molecule has 14 heteroatoms. The lowest BCUT2D eigenvalue weighted by Crippen LogP contribution is -2.30. The highest BCUT2D eigenvalue weighted by Crippen LogP contribution is 2.46. The number of rotatable bonds is 7. The number of amides is 2. The molecule has 3 aromatic heterocycles. The Labute approximate surface area is 236 Å². The lowest BCUT2D eigenvalue weighted by molar-refractivity contribution is -0.118. The number of benzene rings is 1. The molecule has 2 fully saturated rings. The summed E-state index contributed by atoms with van der Waals surface area (Å²) < 4.78 is 43.5. The van der Waals surface area contributed by atoms with Gasteiger partial charge in [-0.3, -0.25) is 24.2 Å². The van der Waals surface area contributed by atoms with Gasteiger partial charge in [0.1, 0.15) is 5.69 Å². The molecule has 2 atom stereocenters. The lowest BCUT2D eigenvalue weighted by Gasteiger charge is -2.17. The summed E-state index contributed by atoms with van der Waals surface area (Å²) in [7, 11) is 0. The Morgan fingerprint density at radius 3 is 2.66 bits per heavy atom. The van der Waals surface area contributed by atoms with E-state index in [1.54, 1.807) is 22.0 Å². The van der Waals surface area contributed by atoms with Crippen molar-refractivity contribution in [2.45, 2.75) is 33.2 Å². The molecule has 0 radical (unpaired) electrons. The van der Waals surface area contributed by atoms with Crippen LogP contribution in [0.3, 0.4) is 0 Å². The maximum absolute atomic E-state index is 14.8. The first-order valence-electron chi connectivity index (χ1n) is 12.7. The monoisotopic (exact) mass is 582 g/mol. The second kappa shape index (κ2) is 10.2. The molecule has 1 aromatic carbocycles. The SMILES string of the molecule is Cc1nc(N2C[C@@H]3C[C@@H]3C2=O)ncc1Cn1cc(NC(=O)c2nc(-c3c(C(F)F)ccc(Cl)c3F)cnc2C)cn1. The number of halogens is 4. The van der Waals surface area contributed by atoms with E-state index in [1.807, 2.05) is 6.92 Å².